The predicted octanol–water partition coefficient (Wildman–Crippen LogP) is 3.41. The second-order valence-electron chi connectivity index (χ2n) is 4.12. The van der Waals surface area contributed by atoms with Crippen LogP contribution in [0.25, 0.3) is 0 Å². The van der Waals surface area contributed by atoms with Gasteiger partial charge < -0.3 is 0 Å². The number of hydrazone groups is 1. The summed E-state index contributed by atoms with van der Waals surface area (Å²) in [5.41, 5.74) is 4.93. The molecule has 2 aromatic carbocycles. The molecule has 0 unspecified atom stereocenters. The summed E-state index contributed by atoms with van der Waals surface area (Å²) in [4.78, 5) is 11.8. The maximum absolute atomic E-state index is 11.8. The summed E-state index contributed by atoms with van der Waals surface area (Å²) in [5, 5.41) is 4.54. The number of benzene rings is 2. The minimum absolute atomic E-state index is 0.234. The fraction of sp³-hybridized carbons (Fsp3) is 0.0667. The zero-order valence-corrected chi connectivity index (χ0v) is 11.2. The number of amides is 1. The van der Waals surface area contributed by atoms with E-state index in [0.29, 0.717) is 10.6 Å². The normalized spacial score (nSPS) is 10.6. The van der Waals surface area contributed by atoms with Gasteiger partial charge in [0, 0.05) is 10.6 Å². The highest BCUT2D eigenvalue weighted by Gasteiger charge is 2.03. The van der Waals surface area contributed by atoms with Crippen LogP contribution in [0.5, 0.6) is 0 Å². The van der Waals surface area contributed by atoms with E-state index in [9.17, 15) is 4.79 Å². The van der Waals surface area contributed by atoms with Crippen LogP contribution in [0.15, 0.2) is 53.6 Å². The zero-order chi connectivity index (χ0) is 13.7. The average Bonchev–Trinajstić information content (AvgIpc) is 2.38. The highest BCUT2D eigenvalue weighted by Crippen LogP contribution is 2.08. The highest BCUT2D eigenvalue weighted by atomic mass is 35.5. The summed E-state index contributed by atoms with van der Waals surface area (Å²) in [6.07, 6.45) is 1.56. The molecule has 0 bridgehead atoms. The van der Waals surface area contributed by atoms with Gasteiger partial charge in [-0.15, -0.1) is 0 Å². The molecular weight excluding hydrogens is 260 g/mol. The third-order valence-corrected chi connectivity index (χ3v) is 2.74. The predicted molar refractivity (Wildman–Crippen MR) is 77.7 cm³/mol. The largest absolute Gasteiger partial charge is 0.271 e. The number of carbonyl (C=O) groups is 1. The third kappa shape index (κ3) is 3.93. The minimum Gasteiger partial charge on any atom is -0.267 e. The van der Waals surface area contributed by atoms with Crippen molar-refractivity contribution in [3.63, 3.8) is 0 Å². The van der Waals surface area contributed by atoms with Crippen molar-refractivity contribution in [2.75, 3.05) is 0 Å². The molecule has 96 valence electrons. The van der Waals surface area contributed by atoms with Gasteiger partial charge in [-0.1, -0.05) is 41.4 Å². The van der Waals surface area contributed by atoms with Gasteiger partial charge in [-0.3, -0.25) is 4.79 Å². The number of nitrogens with one attached hydrogen (secondary N) is 1. The van der Waals surface area contributed by atoms with Gasteiger partial charge in [-0.25, -0.2) is 5.43 Å². The monoisotopic (exact) mass is 272 g/mol. The summed E-state index contributed by atoms with van der Waals surface area (Å²) in [5.74, 6) is -0.234. The van der Waals surface area contributed by atoms with Crippen LogP contribution in [0.4, 0.5) is 0 Å². The molecule has 1 amide bonds. The van der Waals surface area contributed by atoms with E-state index in [2.05, 4.69) is 10.5 Å². The molecule has 0 aliphatic heterocycles. The van der Waals surface area contributed by atoms with E-state index >= 15 is 0 Å². The Hall–Kier alpha value is -2.13. The minimum atomic E-state index is -0.234. The quantitative estimate of drug-likeness (QED) is 0.675. The molecule has 19 heavy (non-hydrogen) atoms. The van der Waals surface area contributed by atoms with Crippen molar-refractivity contribution in [1.82, 2.24) is 5.43 Å². The SMILES string of the molecule is Cc1cccc(C(=O)NN=Cc2cccc(Cl)c2)c1. The zero-order valence-electron chi connectivity index (χ0n) is 10.4. The molecule has 2 rings (SSSR count). The van der Waals surface area contributed by atoms with E-state index in [4.69, 9.17) is 11.6 Å². The first kappa shape index (κ1) is 13.3. The smallest absolute Gasteiger partial charge is 0.267 e. The van der Waals surface area contributed by atoms with Crippen molar-refractivity contribution in [1.29, 1.82) is 0 Å². The van der Waals surface area contributed by atoms with Crippen molar-refractivity contribution in [2.24, 2.45) is 5.10 Å². The Morgan fingerprint density at radius 1 is 1.21 bits per heavy atom. The van der Waals surface area contributed by atoms with Crippen molar-refractivity contribution in [2.45, 2.75) is 6.92 Å². The number of hydrogen-bond acceptors (Lipinski definition) is 2. The van der Waals surface area contributed by atoms with Crippen LogP contribution >= 0.6 is 11.6 Å². The first-order chi connectivity index (χ1) is 9.15. The standard InChI is InChI=1S/C15H13ClN2O/c1-11-4-2-6-13(8-11)15(19)18-17-10-12-5-3-7-14(16)9-12/h2-10H,1H3,(H,18,19). The average molecular weight is 273 g/mol. The van der Waals surface area contributed by atoms with Crippen LogP contribution in [-0.2, 0) is 0 Å². The van der Waals surface area contributed by atoms with Gasteiger partial charge in [0.1, 0.15) is 0 Å². The number of aryl methyl sites for hydroxylation is 1. The number of carbonyl (C=O) groups excluding carboxylic acids is 1. The highest BCUT2D eigenvalue weighted by molar-refractivity contribution is 6.30. The molecule has 0 fully saturated rings. The van der Waals surface area contributed by atoms with Gasteiger partial charge in [0.25, 0.3) is 5.91 Å². The maximum atomic E-state index is 11.8. The lowest BCUT2D eigenvalue weighted by atomic mass is 10.1. The van der Waals surface area contributed by atoms with Gasteiger partial charge in [0.2, 0.25) is 0 Å². The van der Waals surface area contributed by atoms with Crippen molar-refractivity contribution in [3.05, 3.63) is 70.2 Å². The summed E-state index contributed by atoms with van der Waals surface area (Å²) in [6, 6.07) is 14.6. The van der Waals surface area contributed by atoms with Gasteiger partial charge in [-0.05, 0) is 36.8 Å². The van der Waals surface area contributed by atoms with Crippen molar-refractivity contribution < 1.29 is 4.79 Å². The second-order valence-corrected chi connectivity index (χ2v) is 4.56. The lowest BCUT2D eigenvalue weighted by Crippen LogP contribution is -2.17. The number of nitrogens with zero attached hydrogens (tertiary/aromatic N) is 1. The number of rotatable bonds is 3. The van der Waals surface area contributed by atoms with Crippen LogP contribution in [-0.4, -0.2) is 12.1 Å². The molecule has 0 saturated heterocycles. The molecular formula is C15H13ClN2O. The first-order valence-electron chi connectivity index (χ1n) is 5.81. The lowest BCUT2D eigenvalue weighted by molar-refractivity contribution is 0.0955. The van der Waals surface area contributed by atoms with Crippen LogP contribution in [0.3, 0.4) is 0 Å². The molecule has 0 aliphatic carbocycles. The Bertz CT molecular complexity index is 623. The topological polar surface area (TPSA) is 41.5 Å². The Balaban J connectivity index is 2.01. The van der Waals surface area contributed by atoms with Gasteiger partial charge in [-0.2, -0.15) is 5.10 Å². The molecule has 0 saturated carbocycles. The van der Waals surface area contributed by atoms with E-state index in [1.54, 1.807) is 24.4 Å². The molecule has 2 aromatic rings. The molecule has 3 nitrogen and oxygen atoms in total. The van der Waals surface area contributed by atoms with E-state index in [-0.39, 0.29) is 5.91 Å². The van der Waals surface area contributed by atoms with Gasteiger partial charge >= 0.3 is 0 Å². The molecule has 0 radical (unpaired) electrons. The van der Waals surface area contributed by atoms with Crippen LogP contribution in [0.2, 0.25) is 5.02 Å². The number of halogens is 1. The Morgan fingerprint density at radius 3 is 2.74 bits per heavy atom. The first-order valence-corrected chi connectivity index (χ1v) is 6.18. The van der Waals surface area contributed by atoms with Crippen LogP contribution in [0.1, 0.15) is 21.5 Å². The molecule has 0 aromatic heterocycles. The molecule has 0 spiro atoms. The fourth-order valence-corrected chi connectivity index (χ4v) is 1.80. The molecule has 4 heteroatoms. The third-order valence-electron chi connectivity index (χ3n) is 2.51. The maximum Gasteiger partial charge on any atom is 0.271 e. The Kier molecular flexibility index (Phi) is 4.31. The Labute approximate surface area is 116 Å². The van der Waals surface area contributed by atoms with E-state index in [1.807, 2.05) is 37.3 Å². The van der Waals surface area contributed by atoms with Gasteiger partial charge in [0.15, 0.2) is 0 Å². The fourth-order valence-electron chi connectivity index (χ4n) is 1.60. The molecule has 0 aliphatic rings. The summed E-state index contributed by atoms with van der Waals surface area (Å²) in [6.45, 7) is 1.94. The van der Waals surface area contributed by atoms with E-state index in [1.165, 1.54) is 0 Å². The van der Waals surface area contributed by atoms with Crippen molar-refractivity contribution >= 4 is 23.7 Å². The van der Waals surface area contributed by atoms with Crippen LogP contribution in [0, 0.1) is 6.92 Å². The Morgan fingerprint density at radius 2 is 2.00 bits per heavy atom. The lowest BCUT2D eigenvalue weighted by Gasteiger charge is -2.00. The molecule has 0 atom stereocenters. The molecule has 1 N–H and O–H groups in total. The van der Waals surface area contributed by atoms with E-state index < -0.39 is 0 Å². The molecule has 0 heterocycles. The second kappa shape index (κ2) is 6.16. The van der Waals surface area contributed by atoms with E-state index in [0.717, 1.165) is 11.1 Å². The van der Waals surface area contributed by atoms with Gasteiger partial charge in [0.05, 0.1) is 6.21 Å². The number of hydrogen-bond donors (Lipinski definition) is 1. The summed E-state index contributed by atoms with van der Waals surface area (Å²) in [7, 11) is 0. The summed E-state index contributed by atoms with van der Waals surface area (Å²) >= 11 is 5.85. The summed E-state index contributed by atoms with van der Waals surface area (Å²) < 4.78 is 0. The van der Waals surface area contributed by atoms with Crippen LogP contribution < -0.4 is 5.43 Å². The van der Waals surface area contributed by atoms with Crippen molar-refractivity contribution in [3.8, 4) is 0 Å².